The molecule has 32 heavy (non-hydrogen) atoms. The van der Waals surface area contributed by atoms with Crippen molar-refractivity contribution in [3.8, 4) is 5.75 Å². The summed E-state index contributed by atoms with van der Waals surface area (Å²) in [6.45, 7) is 1.21. The van der Waals surface area contributed by atoms with Crippen LogP contribution in [0.15, 0.2) is 84.0 Å². The van der Waals surface area contributed by atoms with Gasteiger partial charge in [0.1, 0.15) is 11.0 Å². The molecule has 0 fully saturated rings. The van der Waals surface area contributed by atoms with Gasteiger partial charge >= 0.3 is 0 Å². The lowest BCUT2D eigenvalue weighted by atomic mass is 10.1. The van der Waals surface area contributed by atoms with Crippen molar-refractivity contribution in [2.24, 2.45) is 0 Å². The van der Waals surface area contributed by atoms with Crippen LogP contribution in [0.3, 0.4) is 0 Å². The Balaban J connectivity index is 1.68. The van der Waals surface area contributed by atoms with Crippen LogP contribution in [0.1, 0.15) is 10.8 Å². The first-order valence-corrected chi connectivity index (χ1v) is 11.2. The van der Waals surface area contributed by atoms with E-state index in [-0.39, 0.29) is 5.91 Å². The molecule has 0 saturated carbocycles. The lowest BCUT2D eigenvalue weighted by molar-refractivity contribution is -0.115. The van der Waals surface area contributed by atoms with E-state index >= 15 is 0 Å². The number of amides is 1. The molecule has 1 heterocycles. The van der Waals surface area contributed by atoms with Gasteiger partial charge in [0.05, 0.1) is 24.8 Å². The van der Waals surface area contributed by atoms with E-state index in [1.165, 1.54) is 11.8 Å². The zero-order valence-electron chi connectivity index (χ0n) is 18.0. The zero-order chi connectivity index (χ0) is 22.3. The van der Waals surface area contributed by atoms with Crippen LogP contribution < -0.4 is 10.1 Å². The number of para-hydroxylation sites is 2. The van der Waals surface area contributed by atoms with Gasteiger partial charge in [-0.05, 0) is 29.8 Å². The van der Waals surface area contributed by atoms with Gasteiger partial charge in [-0.1, -0.05) is 60.3 Å². The van der Waals surface area contributed by atoms with Crippen LogP contribution in [0, 0.1) is 0 Å². The Bertz CT molecular complexity index is 1190. The number of nitrogens with zero attached hydrogens (tertiary/aromatic N) is 2. The number of carbonyl (C=O) groups excluding carboxylic acids is 1. The van der Waals surface area contributed by atoms with Gasteiger partial charge in [-0.3, -0.25) is 4.79 Å². The average molecular weight is 448 g/mol. The Hall–Kier alpha value is -3.29. The largest absolute Gasteiger partial charge is 0.497 e. The van der Waals surface area contributed by atoms with Crippen LogP contribution in [0.4, 0.5) is 5.69 Å². The first-order valence-electron chi connectivity index (χ1n) is 10.3. The van der Waals surface area contributed by atoms with E-state index in [2.05, 4.69) is 9.88 Å². The number of nitrogens with one attached hydrogen (secondary N) is 1. The Morgan fingerprint density at radius 1 is 1.03 bits per heavy atom. The Kier molecular flexibility index (Phi) is 7.09. The Labute approximate surface area is 191 Å². The number of carbonyl (C=O) groups is 1. The van der Waals surface area contributed by atoms with Gasteiger partial charge in [0.15, 0.2) is 5.16 Å². The number of fused-ring (bicyclic) bond motifs is 1. The molecule has 3 aromatic carbocycles. The maximum atomic E-state index is 13.4. The first kappa shape index (κ1) is 21.9. The quantitative estimate of drug-likeness (QED) is 0.359. The highest BCUT2D eigenvalue weighted by atomic mass is 32.2. The predicted molar refractivity (Wildman–Crippen MR) is 128 cm³/mol. The highest BCUT2D eigenvalue weighted by Gasteiger charge is 2.25. The molecule has 0 aliphatic rings. The van der Waals surface area contributed by atoms with E-state index in [1.54, 1.807) is 20.3 Å². The third-order valence-corrected chi connectivity index (χ3v) is 6.28. The normalized spacial score (nSPS) is 11.9. The number of hydrogen-bond donors (Lipinski definition) is 1. The molecule has 1 N–H and O–H groups in total. The topological polar surface area (TPSA) is 65.4 Å². The summed E-state index contributed by atoms with van der Waals surface area (Å²) >= 11 is 1.43. The van der Waals surface area contributed by atoms with E-state index in [9.17, 15) is 4.79 Å². The first-order chi connectivity index (χ1) is 15.7. The summed E-state index contributed by atoms with van der Waals surface area (Å²) in [7, 11) is 3.29. The fraction of sp³-hybridized carbons (Fsp3) is 0.200. The fourth-order valence-corrected chi connectivity index (χ4v) is 4.59. The summed E-state index contributed by atoms with van der Waals surface area (Å²) in [5.74, 6) is 0.563. The van der Waals surface area contributed by atoms with Crippen molar-refractivity contribution in [3.63, 3.8) is 0 Å². The third-order valence-electron chi connectivity index (χ3n) is 5.04. The number of thioether (sulfide) groups is 1. The highest BCUT2D eigenvalue weighted by molar-refractivity contribution is 8.00. The Morgan fingerprint density at radius 3 is 2.59 bits per heavy atom. The minimum Gasteiger partial charge on any atom is -0.497 e. The molecule has 0 aliphatic heterocycles. The highest BCUT2D eigenvalue weighted by Crippen LogP contribution is 2.37. The number of anilines is 1. The van der Waals surface area contributed by atoms with Crippen molar-refractivity contribution in [3.05, 3.63) is 84.4 Å². The van der Waals surface area contributed by atoms with E-state index in [1.807, 2.05) is 72.8 Å². The van der Waals surface area contributed by atoms with Gasteiger partial charge in [0, 0.05) is 25.4 Å². The predicted octanol–water partition coefficient (Wildman–Crippen LogP) is 5.16. The molecule has 4 aromatic rings. The number of rotatable bonds is 9. The van der Waals surface area contributed by atoms with E-state index in [4.69, 9.17) is 14.5 Å². The Morgan fingerprint density at radius 2 is 1.81 bits per heavy atom. The maximum Gasteiger partial charge on any atom is 0.242 e. The molecule has 0 saturated heterocycles. The minimum absolute atomic E-state index is 0.125. The number of aromatic nitrogens is 2. The zero-order valence-corrected chi connectivity index (χ0v) is 18.8. The summed E-state index contributed by atoms with van der Waals surface area (Å²) in [6.07, 6.45) is 0. The molecule has 1 unspecified atom stereocenters. The molecule has 4 rings (SSSR count). The molecule has 0 radical (unpaired) electrons. The number of benzene rings is 3. The molecular weight excluding hydrogens is 422 g/mol. The number of imidazole rings is 1. The summed E-state index contributed by atoms with van der Waals surface area (Å²) in [6, 6.07) is 25.1. The van der Waals surface area contributed by atoms with Crippen molar-refractivity contribution in [1.29, 1.82) is 0 Å². The van der Waals surface area contributed by atoms with E-state index < -0.39 is 5.25 Å². The molecule has 1 amide bonds. The van der Waals surface area contributed by atoms with Crippen molar-refractivity contribution in [1.82, 2.24) is 9.55 Å². The van der Waals surface area contributed by atoms with Gasteiger partial charge in [-0.25, -0.2) is 4.98 Å². The van der Waals surface area contributed by atoms with Crippen LogP contribution in [0.5, 0.6) is 5.75 Å². The summed E-state index contributed by atoms with van der Waals surface area (Å²) in [5.41, 5.74) is 3.50. The molecule has 0 spiro atoms. The van der Waals surface area contributed by atoms with Gasteiger partial charge in [0.25, 0.3) is 0 Å². The van der Waals surface area contributed by atoms with Crippen LogP contribution in [0.2, 0.25) is 0 Å². The number of methoxy groups -OCH3 is 2. The second kappa shape index (κ2) is 10.3. The number of hydrogen-bond acceptors (Lipinski definition) is 5. The summed E-state index contributed by atoms with van der Waals surface area (Å²) < 4.78 is 12.7. The molecule has 164 valence electrons. The smallest absolute Gasteiger partial charge is 0.242 e. The molecular formula is C25H25N3O3S. The number of ether oxygens (including phenoxy) is 2. The van der Waals surface area contributed by atoms with Gasteiger partial charge < -0.3 is 19.4 Å². The average Bonchev–Trinajstić information content (AvgIpc) is 3.18. The maximum absolute atomic E-state index is 13.4. The van der Waals surface area contributed by atoms with E-state index in [0.717, 1.165) is 21.8 Å². The lowest BCUT2D eigenvalue weighted by Gasteiger charge is -2.18. The molecule has 1 aromatic heterocycles. The standard InChI is InChI=1S/C25H25N3O3S/c1-30-16-15-28-22-14-7-6-13-21(22)27-25(28)32-23(18-9-4-3-5-10-18)24(29)26-19-11-8-12-20(17-19)31-2/h3-14,17,23H,15-16H2,1-2H3,(H,26,29). The van der Waals surface area contributed by atoms with Crippen molar-refractivity contribution < 1.29 is 14.3 Å². The van der Waals surface area contributed by atoms with Crippen LogP contribution in [-0.2, 0) is 16.1 Å². The third kappa shape index (κ3) is 4.95. The second-order valence-corrected chi connectivity index (χ2v) is 8.23. The second-order valence-electron chi connectivity index (χ2n) is 7.16. The van der Waals surface area contributed by atoms with Crippen molar-refractivity contribution in [2.75, 3.05) is 26.1 Å². The SMILES string of the molecule is COCCn1c(SC(C(=O)Nc2cccc(OC)c2)c2ccccc2)nc2ccccc21. The fourth-order valence-electron chi connectivity index (χ4n) is 3.46. The monoisotopic (exact) mass is 447 g/mol. The van der Waals surface area contributed by atoms with Gasteiger partial charge in [-0.15, -0.1) is 0 Å². The van der Waals surface area contributed by atoms with Gasteiger partial charge in [-0.2, -0.15) is 0 Å². The van der Waals surface area contributed by atoms with E-state index in [0.29, 0.717) is 24.6 Å². The van der Waals surface area contributed by atoms with Crippen molar-refractivity contribution >= 4 is 34.4 Å². The molecule has 6 nitrogen and oxygen atoms in total. The molecule has 0 aliphatic carbocycles. The van der Waals surface area contributed by atoms with Crippen LogP contribution in [0.25, 0.3) is 11.0 Å². The summed E-state index contributed by atoms with van der Waals surface area (Å²) in [4.78, 5) is 18.2. The molecule has 1 atom stereocenters. The van der Waals surface area contributed by atoms with Crippen LogP contribution in [-0.4, -0.2) is 36.3 Å². The summed E-state index contributed by atoms with van der Waals surface area (Å²) in [5, 5.41) is 3.32. The van der Waals surface area contributed by atoms with Crippen molar-refractivity contribution in [2.45, 2.75) is 17.0 Å². The molecule has 7 heteroatoms. The molecule has 0 bridgehead atoms. The van der Waals surface area contributed by atoms with Crippen LogP contribution >= 0.6 is 11.8 Å². The minimum atomic E-state index is -0.486. The van der Waals surface area contributed by atoms with Gasteiger partial charge in [0.2, 0.25) is 5.91 Å². The lowest BCUT2D eigenvalue weighted by Crippen LogP contribution is -2.19.